The molecule has 2 rings (SSSR count). The molecule has 1 aromatic heterocycles. The zero-order valence-electron chi connectivity index (χ0n) is 10.3. The van der Waals surface area contributed by atoms with Crippen molar-refractivity contribution in [2.75, 3.05) is 5.73 Å². The Kier molecular flexibility index (Phi) is 3.48. The molecule has 0 aliphatic carbocycles. The molecular formula is C13H12N4O2. The molecule has 1 unspecified atom stereocenters. The molecule has 6 heteroatoms. The number of aromatic nitrogens is 2. The molecule has 1 atom stereocenters. The molecule has 2 aromatic rings. The van der Waals surface area contributed by atoms with Gasteiger partial charge in [0.25, 0.3) is 0 Å². The average Bonchev–Trinajstić information content (AvgIpc) is 2.93. The number of anilines is 1. The molecule has 1 heterocycles. The van der Waals surface area contributed by atoms with Crippen molar-refractivity contribution in [2.45, 2.75) is 13.0 Å². The minimum atomic E-state index is -0.500. The maximum absolute atomic E-state index is 11.7. The predicted molar refractivity (Wildman–Crippen MR) is 68.0 cm³/mol. The molecule has 3 N–H and O–H groups in total. The summed E-state index contributed by atoms with van der Waals surface area (Å²) in [5.41, 5.74) is 7.39. The van der Waals surface area contributed by atoms with E-state index in [0.717, 1.165) is 0 Å². The predicted octanol–water partition coefficient (Wildman–Crippen LogP) is 1.78. The number of hydrogen-bond donors (Lipinski definition) is 2. The highest BCUT2D eigenvalue weighted by molar-refractivity contribution is 5.87. The summed E-state index contributed by atoms with van der Waals surface area (Å²) in [5.74, 6) is -0.500. The lowest BCUT2D eigenvalue weighted by atomic mass is 10.1. The summed E-state index contributed by atoms with van der Waals surface area (Å²) in [6, 6.07) is 8.47. The molecule has 6 nitrogen and oxygen atoms in total. The van der Waals surface area contributed by atoms with Crippen LogP contribution < -0.4 is 5.73 Å². The zero-order valence-corrected chi connectivity index (χ0v) is 10.3. The number of carbonyl (C=O) groups excluding carboxylic acids is 1. The fourth-order valence-corrected chi connectivity index (χ4v) is 1.59. The van der Waals surface area contributed by atoms with Gasteiger partial charge in [-0.15, -0.1) is 0 Å². The quantitative estimate of drug-likeness (QED) is 0.643. The van der Waals surface area contributed by atoms with Crippen molar-refractivity contribution in [2.24, 2.45) is 0 Å². The number of nitrogens with one attached hydrogen (secondary N) is 1. The molecular weight excluding hydrogens is 244 g/mol. The number of ether oxygens (including phenoxy) is 1. The summed E-state index contributed by atoms with van der Waals surface area (Å²) >= 11 is 0. The minimum absolute atomic E-state index is 0.280. The Morgan fingerprint density at radius 1 is 1.53 bits per heavy atom. The van der Waals surface area contributed by atoms with Gasteiger partial charge in [-0.3, -0.25) is 5.10 Å². The summed E-state index contributed by atoms with van der Waals surface area (Å²) < 4.78 is 5.26. The van der Waals surface area contributed by atoms with E-state index in [1.807, 2.05) is 6.07 Å². The number of rotatable bonds is 3. The number of nitrogens with two attached hydrogens (primary N) is 1. The number of esters is 1. The lowest BCUT2D eigenvalue weighted by Gasteiger charge is -2.13. The normalized spacial score (nSPS) is 11.6. The number of carbonyl (C=O) groups is 1. The Morgan fingerprint density at radius 3 is 2.95 bits per heavy atom. The van der Waals surface area contributed by atoms with E-state index in [-0.39, 0.29) is 5.69 Å². The van der Waals surface area contributed by atoms with Crippen molar-refractivity contribution in [1.82, 2.24) is 10.2 Å². The molecule has 19 heavy (non-hydrogen) atoms. The van der Waals surface area contributed by atoms with Crippen LogP contribution in [0.15, 0.2) is 30.5 Å². The van der Waals surface area contributed by atoms with Gasteiger partial charge in [-0.25, -0.2) is 4.79 Å². The van der Waals surface area contributed by atoms with Gasteiger partial charge in [0, 0.05) is 11.9 Å². The highest BCUT2D eigenvalue weighted by Gasteiger charge is 2.15. The standard InChI is InChI=1S/C13H12N4O2/c1-8(19-13(18)12-4-5-16-17-12)9-2-3-11(15)10(6-9)7-14/h2-6,8H,15H2,1H3,(H,16,17). The molecule has 1 aromatic carbocycles. The van der Waals surface area contributed by atoms with Crippen LogP contribution in [0.25, 0.3) is 0 Å². The molecule has 0 saturated carbocycles. The summed E-state index contributed by atoms with van der Waals surface area (Å²) in [4.78, 5) is 11.7. The van der Waals surface area contributed by atoms with Crippen LogP contribution in [0.2, 0.25) is 0 Å². The van der Waals surface area contributed by atoms with Gasteiger partial charge >= 0.3 is 5.97 Å². The van der Waals surface area contributed by atoms with E-state index in [2.05, 4.69) is 10.2 Å². The Bertz CT molecular complexity index is 629. The Hall–Kier alpha value is -2.81. The van der Waals surface area contributed by atoms with Gasteiger partial charge in [0.1, 0.15) is 17.9 Å². The fourth-order valence-electron chi connectivity index (χ4n) is 1.59. The van der Waals surface area contributed by atoms with Crippen molar-refractivity contribution < 1.29 is 9.53 Å². The molecule has 0 bridgehead atoms. The summed E-state index contributed by atoms with van der Waals surface area (Å²) in [6.45, 7) is 1.72. The van der Waals surface area contributed by atoms with Crippen LogP contribution >= 0.6 is 0 Å². The van der Waals surface area contributed by atoms with E-state index in [0.29, 0.717) is 16.8 Å². The molecule has 0 saturated heterocycles. The topological polar surface area (TPSA) is 105 Å². The molecule has 0 aliphatic rings. The average molecular weight is 256 g/mol. The third-order valence-electron chi connectivity index (χ3n) is 2.67. The lowest BCUT2D eigenvalue weighted by Crippen LogP contribution is -2.10. The van der Waals surface area contributed by atoms with Gasteiger partial charge < -0.3 is 10.5 Å². The maximum atomic E-state index is 11.7. The number of H-pyrrole nitrogens is 1. The third kappa shape index (κ3) is 2.72. The van der Waals surface area contributed by atoms with Crippen LogP contribution in [0.3, 0.4) is 0 Å². The molecule has 96 valence electrons. The fraction of sp³-hybridized carbons (Fsp3) is 0.154. The zero-order chi connectivity index (χ0) is 13.8. The van der Waals surface area contributed by atoms with Crippen LogP contribution in [-0.4, -0.2) is 16.2 Å². The maximum Gasteiger partial charge on any atom is 0.356 e. The van der Waals surface area contributed by atoms with E-state index in [4.69, 9.17) is 15.7 Å². The molecule has 0 fully saturated rings. The van der Waals surface area contributed by atoms with Gasteiger partial charge in [-0.05, 0) is 30.7 Å². The van der Waals surface area contributed by atoms with Crippen molar-refractivity contribution >= 4 is 11.7 Å². The van der Waals surface area contributed by atoms with Crippen molar-refractivity contribution in [3.8, 4) is 6.07 Å². The smallest absolute Gasteiger partial charge is 0.356 e. The second-order valence-electron chi connectivity index (χ2n) is 3.98. The van der Waals surface area contributed by atoms with E-state index in [9.17, 15) is 4.79 Å². The van der Waals surface area contributed by atoms with Crippen LogP contribution in [0.4, 0.5) is 5.69 Å². The molecule has 0 spiro atoms. The summed E-state index contributed by atoms with van der Waals surface area (Å²) in [5, 5.41) is 15.1. The van der Waals surface area contributed by atoms with Crippen LogP contribution in [0.5, 0.6) is 0 Å². The van der Waals surface area contributed by atoms with E-state index in [1.54, 1.807) is 25.1 Å². The SMILES string of the molecule is CC(OC(=O)c1ccn[nH]1)c1ccc(N)c(C#N)c1. The first-order chi connectivity index (χ1) is 9.11. The second kappa shape index (κ2) is 5.23. The van der Waals surface area contributed by atoms with Gasteiger partial charge in [0.15, 0.2) is 0 Å². The Balaban J connectivity index is 2.14. The summed E-state index contributed by atoms with van der Waals surface area (Å²) in [7, 11) is 0. The van der Waals surface area contributed by atoms with E-state index < -0.39 is 12.1 Å². The Labute approximate surface area is 109 Å². The van der Waals surface area contributed by atoms with Crippen molar-refractivity contribution in [3.05, 3.63) is 47.3 Å². The number of nitriles is 1. The van der Waals surface area contributed by atoms with Gasteiger partial charge in [-0.2, -0.15) is 10.4 Å². The molecule has 0 aliphatic heterocycles. The minimum Gasteiger partial charge on any atom is -0.453 e. The highest BCUT2D eigenvalue weighted by atomic mass is 16.5. The first kappa shape index (κ1) is 12.6. The van der Waals surface area contributed by atoms with Crippen molar-refractivity contribution in [1.29, 1.82) is 5.26 Å². The third-order valence-corrected chi connectivity index (χ3v) is 2.67. The molecule has 0 amide bonds. The van der Waals surface area contributed by atoms with Crippen LogP contribution in [-0.2, 0) is 4.74 Å². The first-order valence-corrected chi connectivity index (χ1v) is 5.61. The van der Waals surface area contributed by atoms with Gasteiger partial charge in [0.05, 0.1) is 5.56 Å². The number of nitrogens with zero attached hydrogens (tertiary/aromatic N) is 2. The number of nitrogen functional groups attached to an aromatic ring is 1. The number of aromatic amines is 1. The monoisotopic (exact) mass is 256 g/mol. The highest BCUT2D eigenvalue weighted by Crippen LogP contribution is 2.22. The summed E-state index contributed by atoms with van der Waals surface area (Å²) in [6.07, 6.45) is 0.988. The second-order valence-corrected chi connectivity index (χ2v) is 3.98. The van der Waals surface area contributed by atoms with E-state index >= 15 is 0 Å². The van der Waals surface area contributed by atoms with E-state index in [1.165, 1.54) is 12.3 Å². The Morgan fingerprint density at radius 2 is 2.32 bits per heavy atom. The largest absolute Gasteiger partial charge is 0.453 e. The number of benzene rings is 1. The van der Waals surface area contributed by atoms with Crippen molar-refractivity contribution in [3.63, 3.8) is 0 Å². The lowest BCUT2D eigenvalue weighted by molar-refractivity contribution is 0.0331. The van der Waals surface area contributed by atoms with Crippen LogP contribution in [0, 0.1) is 11.3 Å². The first-order valence-electron chi connectivity index (χ1n) is 5.61. The van der Waals surface area contributed by atoms with Crippen LogP contribution in [0.1, 0.15) is 34.6 Å². The van der Waals surface area contributed by atoms with Gasteiger partial charge in [0.2, 0.25) is 0 Å². The molecule has 0 radical (unpaired) electrons. The number of hydrogen-bond acceptors (Lipinski definition) is 5. The van der Waals surface area contributed by atoms with Gasteiger partial charge in [-0.1, -0.05) is 6.07 Å².